The Morgan fingerprint density at radius 2 is 1.78 bits per heavy atom. The van der Waals surface area contributed by atoms with E-state index in [0.717, 1.165) is 42.4 Å². The molecule has 0 unspecified atom stereocenters. The molecule has 1 aliphatic heterocycles. The SMILES string of the molecule is Cc1cc(O)c([C@H]2C[C@@H](O)C[C@@H](CO)S2)cc1Cc1ccc(CCCCC(=O)NC(C)(C)CO)cc1. The van der Waals surface area contributed by atoms with E-state index in [1.165, 1.54) is 11.1 Å². The molecule has 198 valence electrons. The first-order valence-electron chi connectivity index (χ1n) is 12.9. The number of nitrogens with one attached hydrogen (secondary N) is 1. The molecule has 2 aromatic carbocycles. The van der Waals surface area contributed by atoms with Crippen molar-refractivity contribution >= 4 is 17.7 Å². The number of phenols is 1. The van der Waals surface area contributed by atoms with Gasteiger partial charge in [-0.25, -0.2) is 0 Å². The summed E-state index contributed by atoms with van der Waals surface area (Å²) in [5.41, 5.74) is 4.86. The van der Waals surface area contributed by atoms with E-state index in [2.05, 4.69) is 35.6 Å². The van der Waals surface area contributed by atoms with Crippen LogP contribution in [0.4, 0.5) is 0 Å². The molecule has 1 amide bonds. The molecule has 0 saturated carbocycles. The third-order valence-electron chi connectivity index (χ3n) is 6.82. The van der Waals surface area contributed by atoms with Gasteiger partial charge < -0.3 is 25.7 Å². The summed E-state index contributed by atoms with van der Waals surface area (Å²) in [5, 5.41) is 42.5. The molecular formula is C29H41NO5S. The zero-order valence-corrected chi connectivity index (χ0v) is 22.5. The highest BCUT2D eigenvalue weighted by Gasteiger charge is 2.30. The Morgan fingerprint density at radius 1 is 1.08 bits per heavy atom. The standard InChI is InChI=1S/C29H41NO5S/c1-19-12-26(34)25(27-16-23(33)15-24(17-31)36-27)14-22(19)13-21-10-8-20(9-11-21)6-4-5-7-28(35)30-29(2,3)18-32/h8-12,14,23-24,27,31-34H,4-7,13,15-18H2,1-3H3,(H,30,35)/t23-,24-,27+/m0/s1. The molecule has 6 nitrogen and oxygen atoms in total. The van der Waals surface area contributed by atoms with E-state index in [1.807, 2.05) is 13.0 Å². The largest absolute Gasteiger partial charge is 0.508 e. The molecule has 0 aliphatic carbocycles. The van der Waals surface area contributed by atoms with E-state index >= 15 is 0 Å². The summed E-state index contributed by atoms with van der Waals surface area (Å²) in [7, 11) is 0. The number of phenolic OH excluding ortho intramolecular Hbond substituents is 1. The summed E-state index contributed by atoms with van der Waals surface area (Å²) >= 11 is 1.63. The first kappa shape index (κ1) is 28.5. The van der Waals surface area contributed by atoms with Crippen molar-refractivity contribution in [3.05, 3.63) is 64.2 Å². The van der Waals surface area contributed by atoms with Gasteiger partial charge in [0.05, 0.1) is 24.9 Å². The second kappa shape index (κ2) is 13.0. The molecule has 3 atom stereocenters. The van der Waals surface area contributed by atoms with Crippen molar-refractivity contribution in [1.29, 1.82) is 0 Å². The van der Waals surface area contributed by atoms with Gasteiger partial charge in [-0.2, -0.15) is 0 Å². The van der Waals surface area contributed by atoms with Crippen LogP contribution >= 0.6 is 11.8 Å². The minimum absolute atomic E-state index is 0.0165. The summed E-state index contributed by atoms with van der Waals surface area (Å²) in [5.74, 6) is 0.226. The third-order valence-corrected chi connectivity index (χ3v) is 8.32. The average Bonchev–Trinajstić information content (AvgIpc) is 2.83. The maximum Gasteiger partial charge on any atom is 0.220 e. The Morgan fingerprint density at radius 3 is 2.44 bits per heavy atom. The van der Waals surface area contributed by atoms with Crippen molar-refractivity contribution in [3.63, 3.8) is 0 Å². The lowest BCUT2D eigenvalue weighted by molar-refractivity contribution is -0.123. The van der Waals surface area contributed by atoms with Crippen molar-refractivity contribution in [2.45, 2.75) is 87.9 Å². The first-order valence-corrected chi connectivity index (χ1v) is 13.8. The lowest BCUT2D eigenvalue weighted by Crippen LogP contribution is -2.46. The second-order valence-electron chi connectivity index (χ2n) is 10.7. The van der Waals surface area contributed by atoms with Gasteiger partial charge in [0.2, 0.25) is 5.91 Å². The molecule has 1 aliphatic rings. The number of aryl methyl sites for hydroxylation is 2. The zero-order valence-electron chi connectivity index (χ0n) is 21.7. The zero-order chi connectivity index (χ0) is 26.3. The topological polar surface area (TPSA) is 110 Å². The van der Waals surface area contributed by atoms with Gasteiger partial charge in [-0.15, -0.1) is 11.8 Å². The number of aliphatic hydroxyl groups excluding tert-OH is 3. The molecule has 0 radical (unpaired) electrons. The van der Waals surface area contributed by atoms with Crippen LogP contribution in [0, 0.1) is 6.92 Å². The number of aromatic hydroxyl groups is 1. The Kier molecular flexibility index (Phi) is 10.3. The minimum atomic E-state index is -0.581. The van der Waals surface area contributed by atoms with Gasteiger partial charge in [0.15, 0.2) is 0 Å². The van der Waals surface area contributed by atoms with E-state index in [4.69, 9.17) is 0 Å². The number of hydrogen-bond donors (Lipinski definition) is 5. The van der Waals surface area contributed by atoms with Crippen LogP contribution in [0.15, 0.2) is 36.4 Å². The third kappa shape index (κ3) is 8.23. The second-order valence-corrected chi connectivity index (χ2v) is 12.2. The van der Waals surface area contributed by atoms with Crippen LogP contribution in [0.25, 0.3) is 0 Å². The van der Waals surface area contributed by atoms with Gasteiger partial charge in [0, 0.05) is 22.5 Å². The molecule has 0 spiro atoms. The number of aliphatic hydroxyl groups is 3. The molecule has 1 fully saturated rings. The molecule has 2 aromatic rings. The van der Waals surface area contributed by atoms with E-state index in [1.54, 1.807) is 25.6 Å². The van der Waals surface area contributed by atoms with Gasteiger partial charge in [0.25, 0.3) is 0 Å². The predicted molar refractivity (Wildman–Crippen MR) is 145 cm³/mol. The van der Waals surface area contributed by atoms with Crippen LogP contribution < -0.4 is 5.32 Å². The molecule has 0 aromatic heterocycles. The van der Waals surface area contributed by atoms with E-state index in [-0.39, 0.29) is 35.4 Å². The van der Waals surface area contributed by atoms with Crippen molar-refractivity contribution in [2.75, 3.05) is 13.2 Å². The summed E-state index contributed by atoms with van der Waals surface area (Å²) in [6, 6.07) is 12.4. The first-order chi connectivity index (χ1) is 17.1. The highest BCUT2D eigenvalue weighted by molar-refractivity contribution is 8.00. The fourth-order valence-electron chi connectivity index (χ4n) is 4.65. The van der Waals surface area contributed by atoms with E-state index < -0.39 is 11.6 Å². The Bertz CT molecular complexity index is 1010. The van der Waals surface area contributed by atoms with Gasteiger partial charge in [0.1, 0.15) is 5.75 Å². The minimum Gasteiger partial charge on any atom is -0.508 e. The van der Waals surface area contributed by atoms with Crippen LogP contribution in [0.1, 0.15) is 79.0 Å². The van der Waals surface area contributed by atoms with Crippen LogP contribution in [-0.2, 0) is 17.6 Å². The molecule has 5 N–H and O–H groups in total. The molecule has 0 bridgehead atoms. The number of benzene rings is 2. The lowest BCUT2D eigenvalue weighted by Gasteiger charge is -2.32. The normalized spacial score (nSPS) is 20.3. The number of hydrogen-bond acceptors (Lipinski definition) is 6. The van der Waals surface area contributed by atoms with Crippen molar-refractivity contribution in [3.8, 4) is 5.75 Å². The summed E-state index contributed by atoms with van der Waals surface area (Å²) in [6.45, 7) is 5.56. The molecule has 7 heteroatoms. The van der Waals surface area contributed by atoms with Crippen LogP contribution in [-0.4, -0.2) is 56.4 Å². The lowest BCUT2D eigenvalue weighted by atomic mass is 9.93. The quantitative estimate of drug-likeness (QED) is 0.287. The Hall–Kier alpha value is -2.06. The fourth-order valence-corrected chi connectivity index (χ4v) is 6.20. The van der Waals surface area contributed by atoms with E-state index in [0.29, 0.717) is 19.3 Å². The molecule has 1 saturated heterocycles. The van der Waals surface area contributed by atoms with Crippen molar-refractivity contribution in [1.82, 2.24) is 5.32 Å². The van der Waals surface area contributed by atoms with Crippen LogP contribution in [0.5, 0.6) is 5.75 Å². The summed E-state index contributed by atoms with van der Waals surface area (Å²) in [4.78, 5) is 12.0. The molecule has 3 rings (SSSR count). The maximum atomic E-state index is 12.0. The van der Waals surface area contributed by atoms with Crippen LogP contribution in [0.2, 0.25) is 0 Å². The van der Waals surface area contributed by atoms with Crippen molar-refractivity contribution in [2.24, 2.45) is 0 Å². The highest BCUT2D eigenvalue weighted by Crippen LogP contribution is 2.46. The van der Waals surface area contributed by atoms with Gasteiger partial charge in [-0.05, 0) is 87.6 Å². The van der Waals surface area contributed by atoms with Crippen LogP contribution in [0.3, 0.4) is 0 Å². The average molecular weight is 516 g/mol. The maximum absolute atomic E-state index is 12.0. The molecular weight excluding hydrogens is 474 g/mol. The monoisotopic (exact) mass is 515 g/mol. The summed E-state index contributed by atoms with van der Waals surface area (Å²) < 4.78 is 0. The van der Waals surface area contributed by atoms with Crippen molar-refractivity contribution < 1.29 is 25.2 Å². The van der Waals surface area contributed by atoms with Gasteiger partial charge >= 0.3 is 0 Å². The molecule has 36 heavy (non-hydrogen) atoms. The number of rotatable bonds is 11. The predicted octanol–water partition coefficient (Wildman–Crippen LogP) is 4.18. The number of carbonyl (C=O) groups excluding carboxylic acids is 1. The van der Waals surface area contributed by atoms with E-state index in [9.17, 15) is 25.2 Å². The van der Waals surface area contributed by atoms with Gasteiger partial charge in [-0.1, -0.05) is 30.3 Å². The van der Waals surface area contributed by atoms with Gasteiger partial charge in [-0.3, -0.25) is 4.79 Å². The Balaban J connectivity index is 1.56. The number of carbonyl (C=O) groups is 1. The number of amides is 1. The number of thioether (sulfide) groups is 1. The smallest absolute Gasteiger partial charge is 0.220 e. The number of unbranched alkanes of at least 4 members (excludes halogenated alkanes) is 1. The molecule has 1 heterocycles. The Labute approximate surface area is 219 Å². The highest BCUT2D eigenvalue weighted by atomic mass is 32.2. The summed E-state index contributed by atoms with van der Waals surface area (Å²) in [6.07, 6.45) is 4.54. The fraction of sp³-hybridized carbons (Fsp3) is 0.552.